The maximum atomic E-state index is 10.8. The highest BCUT2D eigenvalue weighted by Crippen LogP contribution is 2.59. The third-order valence-electron chi connectivity index (χ3n) is 6.46. The lowest BCUT2D eigenvalue weighted by atomic mass is 9.75. The van der Waals surface area contributed by atoms with Gasteiger partial charge in [-0.1, -0.05) is 42.5 Å². The van der Waals surface area contributed by atoms with Crippen molar-refractivity contribution in [2.75, 3.05) is 0 Å². The van der Waals surface area contributed by atoms with Crippen molar-refractivity contribution >= 4 is 0 Å². The minimum absolute atomic E-state index is 0.254. The molecule has 0 aliphatic heterocycles. The summed E-state index contributed by atoms with van der Waals surface area (Å²) in [6, 6.07) is 18.1. The van der Waals surface area contributed by atoms with Gasteiger partial charge < -0.3 is 10.2 Å². The summed E-state index contributed by atoms with van der Waals surface area (Å²) in [6.45, 7) is 2.12. The SMILES string of the molecule is Cc1ccc(O)c2c1CC[C@@]21CCc2c(-c3ccccc3)ccc(O)c21. The highest BCUT2D eigenvalue weighted by Gasteiger charge is 2.49. The Balaban J connectivity index is 1.78. The second kappa shape index (κ2) is 5.38. The second-order valence-corrected chi connectivity index (χ2v) is 7.69. The van der Waals surface area contributed by atoms with Gasteiger partial charge in [-0.25, -0.2) is 0 Å². The molecule has 1 atom stereocenters. The van der Waals surface area contributed by atoms with Crippen LogP contribution in [0.1, 0.15) is 40.7 Å². The van der Waals surface area contributed by atoms with Gasteiger partial charge in [0, 0.05) is 16.5 Å². The number of hydrogen-bond acceptors (Lipinski definition) is 2. The summed E-state index contributed by atoms with van der Waals surface area (Å²) < 4.78 is 0. The van der Waals surface area contributed by atoms with Gasteiger partial charge in [-0.15, -0.1) is 0 Å². The van der Waals surface area contributed by atoms with Gasteiger partial charge in [0.1, 0.15) is 11.5 Å². The fraction of sp³-hybridized carbons (Fsp3) is 0.250. The summed E-state index contributed by atoms with van der Waals surface area (Å²) in [5.41, 5.74) is 7.98. The molecule has 0 saturated heterocycles. The lowest BCUT2D eigenvalue weighted by Gasteiger charge is -2.28. The first-order valence-electron chi connectivity index (χ1n) is 9.34. The Labute approximate surface area is 153 Å². The Bertz CT molecular complexity index is 1020. The Morgan fingerprint density at radius 3 is 2.08 bits per heavy atom. The van der Waals surface area contributed by atoms with Crippen LogP contribution < -0.4 is 0 Å². The summed E-state index contributed by atoms with van der Waals surface area (Å²) >= 11 is 0. The molecule has 0 fully saturated rings. The van der Waals surface area contributed by atoms with Crippen molar-refractivity contribution in [1.82, 2.24) is 0 Å². The number of phenols is 2. The average Bonchev–Trinajstić information content (AvgIpc) is 3.24. The molecule has 0 saturated carbocycles. The number of hydrogen-bond donors (Lipinski definition) is 2. The number of fused-ring (bicyclic) bond motifs is 4. The van der Waals surface area contributed by atoms with Crippen LogP contribution in [0.3, 0.4) is 0 Å². The van der Waals surface area contributed by atoms with Crippen LogP contribution >= 0.6 is 0 Å². The zero-order valence-corrected chi connectivity index (χ0v) is 14.9. The van der Waals surface area contributed by atoms with E-state index in [1.54, 1.807) is 0 Å². The molecule has 5 rings (SSSR count). The smallest absolute Gasteiger partial charge is 0.119 e. The molecule has 0 amide bonds. The van der Waals surface area contributed by atoms with E-state index in [2.05, 4.69) is 31.2 Å². The molecule has 3 aromatic rings. The van der Waals surface area contributed by atoms with Crippen LogP contribution in [0.25, 0.3) is 11.1 Å². The molecule has 2 N–H and O–H groups in total. The number of benzene rings is 3. The van der Waals surface area contributed by atoms with Crippen LogP contribution in [0.15, 0.2) is 54.6 Å². The second-order valence-electron chi connectivity index (χ2n) is 7.69. The predicted octanol–water partition coefficient (Wildman–Crippen LogP) is 5.25. The molecule has 2 aliphatic rings. The van der Waals surface area contributed by atoms with Gasteiger partial charge in [0.05, 0.1) is 0 Å². The van der Waals surface area contributed by atoms with Crippen LogP contribution in [-0.4, -0.2) is 10.2 Å². The quantitative estimate of drug-likeness (QED) is 0.634. The number of aryl methyl sites for hydroxylation is 1. The van der Waals surface area contributed by atoms with Crippen molar-refractivity contribution in [3.05, 3.63) is 82.4 Å². The summed E-state index contributed by atoms with van der Waals surface area (Å²) in [7, 11) is 0. The van der Waals surface area contributed by atoms with Gasteiger partial charge in [0.2, 0.25) is 0 Å². The Morgan fingerprint density at radius 2 is 1.35 bits per heavy atom. The first-order chi connectivity index (χ1) is 12.6. The van der Waals surface area contributed by atoms with Crippen molar-refractivity contribution < 1.29 is 10.2 Å². The van der Waals surface area contributed by atoms with E-state index >= 15 is 0 Å². The molecule has 0 unspecified atom stereocenters. The molecule has 0 aromatic heterocycles. The van der Waals surface area contributed by atoms with Crippen LogP contribution in [0.2, 0.25) is 0 Å². The fourth-order valence-electron chi connectivity index (χ4n) is 5.34. The molecule has 0 radical (unpaired) electrons. The highest BCUT2D eigenvalue weighted by atomic mass is 16.3. The minimum Gasteiger partial charge on any atom is -0.508 e. The molecular formula is C24H22O2. The average molecular weight is 342 g/mol. The molecule has 0 heterocycles. The number of phenolic OH excluding ortho intramolecular Hbond substituents is 2. The monoisotopic (exact) mass is 342 g/mol. The van der Waals surface area contributed by atoms with E-state index < -0.39 is 0 Å². The molecule has 3 aromatic carbocycles. The van der Waals surface area contributed by atoms with Crippen molar-refractivity contribution in [3.8, 4) is 22.6 Å². The largest absolute Gasteiger partial charge is 0.508 e. The van der Waals surface area contributed by atoms with Gasteiger partial charge >= 0.3 is 0 Å². The van der Waals surface area contributed by atoms with Gasteiger partial charge in [-0.05, 0) is 72.6 Å². The lowest BCUT2D eigenvalue weighted by molar-refractivity contribution is 0.416. The van der Waals surface area contributed by atoms with E-state index in [0.717, 1.165) is 36.8 Å². The topological polar surface area (TPSA) is 40.5 Å². The summed E-state index contributed by atoms with van der Waals surface area (Å²) in [5.74, 6) is 0.742. The van der Waals surface area contributed by atoms with Gasteiger partial charge in [-0.3, -0.25) is 0 Å². The summed E-state index contributed by atoms with van der Waals surface area (Å²) in [6.07, 6.45) is 3.80. The standard InChI is InChI=1S/C24H22O2/c1-15-7-9-20(25)22-17(15)11-13-24(22)14-12-19-18(8-10-21(26)23(19)24)16-5-3-2-4-6-16/h2-10,25-26H,11-14H2,1H3/t24-/m1/s1. The zero-order chi connectivity index (χ0) is 17.9. The Hall–Kier alpha value is -2.74. The van der Waals surface area contributed by atoms with E-state index in [-0.39, 0.29) is 5.41 Å². The molecule has 2 heteroatoms. The Morgan fingerprint density at radius 1 is 0.731 bits per heavy atom. The third kappa shape index (κ3) is 1.93. The minimum atomic E-state index is -0.254. The first kappa shape index (κ1) is 15.5. The van der Waals surface area contributed by atoms with Crippen LogP contribution in [0, 0.1) is 6.92 Å². The summed E-state index contributed by atoms with van der Waals surface area (Å²) in [5, 5.41) is 21.5. The molecular weight excluding hydrogens is 320 g/mol. The fourth-order valence-corrected chi connectivity index (χ4v) is 5.34. The lowest BCUT2D eigenvalue weighted by Crippen LogP contribution is -2.21. The molecule has 2 aliphatic carbocycles. The molecule has 0 bridgehead atoms. The van der Waals surface area contributed by atoms with Crippen LogP contribution in [0.4, 0.5) is 0 Å². The number of rotatable bonds is 1. The maximum absolute atomic E-state index is 10.8. The molecule has 1 spiro atoms. The van der Waals surface area contributed by atoms with Crippen LogP contribution in [0.5, 0.6) is 11.5 Å². The number of aromatic hydroxyl groups is 2. The van der Waals surface area contributed by atoms with Crippen LogP contribution in [-0.2, 0) is 18.3 Å². The van der Waals surface area contributed by atoms with Gasteiger partial charge in [0.15, 0.2) is 0 Å². The molecule has 130 valence electrons. The maximum Gasteiger partial charge on any atom is 0.119 e. The van der Waals surface area contributed by atoms with Crippen molar-refractivity contribution in [2.24, 2.45) is 0 Å². The summed E-state index contributed by atoms with van der Waals surface area (Å²) in [4.78, 5) is 0. The highest BCUT2D eigenvalue weighted by molar-refractivity contribution is 5.75. The van der Waals surface area contributed by atoms with E-state index in [9.17, 15) is 10.2 Å². The predicted molar refractivity (Wildman–Crippen MR) is 104 cm³/mol. The first-order valence-corrected chi connectivity index (χ1v) is 9.34. The Kier molecular flexibility index (Phi) is 3.21. The van der Waals surface area contributed by atoms with Crippen molar-refractivity contribution in [2.45, 2.75) is 38.0 Å². The van der Waals surface area contributed by atoms with Gasteiger partial charge in [0.25, 0.3) is 0 Å². The van der Waals surface area contributed by atoms with Gasteiger partial charge in [-0.2, -0.15) is 0 Å². The van der Waals surface area contributed by atoms with E-state index in [0.29, 0.717) is 11.5 Å². The third-order valence-corrected chi connectivity index (χ3v) is 6.46. The zero-order valence-electron chi connectivity index (χ0n) is 14.9. The van der Waals surface area contributed by atoms with E-state index in [4.69, 9.17) is 0 Å². The van der Waals surface area contributed by atoms with E-state index in [1.807, 2.05) is 30.3 Å². The normalized spacial score (nSPS) is 20.3. The molecule has 26 heavy (non-hydrogen) atoms. The van der Waals surface area contributed by atoms with Crippen molar-refractivity contribution in [1.29, 1.82) is 0 Å². The molecule has 2 nitrogen and oxygen atoms in total. The van der Waals surface area contributed by atoms with Crippen molar-refractivity contribution in [3.63, 3.8) is 0 Å². The van der Waals surface area contributed by atoms with E-state index in [1.165, 1.54) is 27.8 Å².